The summed E-state index contributed by atoms with van der Waals surface area (Å²) in [6.45, 7) is 3.83. The molecule has 0 spiro atoms. The minimum Gasteiger partial charge on any atom is -0.391 e. The number of aryl methyl sites for hydroxylation is 2. The summed E-state index contributed by atoms with van der Waals surface area (Å²) in [6.07, 6.45) is 2.77. The number of β-amino-alcohol motifs (C(OH)–C–C–N with tert-alkyl or cyclic N) is 1. The van der Waals surface area contributed by atoms with Crippen molar-refractivity contribution in [2.75, 3.05) is 38.6 Å². The maximum Gasteiger partial charge on any atom is 0.262 e. The van der Waals surface area contributed by atoms with E-state index in [1.807, 2.05) is 0 Å². The number of fused-ring (bicyclic) bond motifs is 3. The molecular formula is C17H23N3O3S2. The molecule has 0 saturated carbocycles. The standard InChI is InChI=1S/C17H23N3O3S2/c1-19-16(22)14-12-3-2-4-13(12)25-15(14)18-17(19)24-10-11(21)9-20-5-7-23-8-6-20/h11,21H,2-10H2,1H3/t11-/m0/s1. The zero-order valence-electron chi connectivity index (χ0n) is 14.4. The molecule has 6 nitrogen and oxygen atoms in total. The van der Waals surface area contributed by atoms with Crippen LogP contribution in [0.25, 0.3) is 10.2 Å². The number of thiophene rings is 1. The SMILES string of the molecule is Cn1c(SC[C@@H](O)CN2CCOCC2)nc2sc3c(c2c1=O)CCC3. The van der Waals surface area contributed by atoms with Gasteiger partial charge in [0.15, 0.2) is 5.16 Å². The predicted octanol–water partition coefficient (Wildman–Crippen LogP) is 1.27. The van der Waals surface area contributed by atoms with Crippen molar-refractivity contribution in [2.24, 2.45) is 7.05 Å². The molecule has 0 aromatic carbocycles. The summed E-state index contributed by atoms with van der Waals surface area (Å²) in [5.74, 6) is 0.536. The summed E-state index contributed by atoms with van der Waals surface area (Å²) in [6, 6.07) is 0. The highest BCUT2D eigenvalue weighted by molar-refractivity contribution is 7.99. The molecule has 1 atom stereocenters. The number of ether oxygens (including phenoxy) is 1. The highest BCUT2D eigenvalue weighted by Gasteiger charge is 2.23. The van der Waals surface area contributed by atoms with Gasteiger partial charge in [-0.05, 0) is 24.8 Å². The van der Waals surface area contributed by atoms with Crippen molar-refractivity contribution in [2.45, 2.75) is 30.5 Å². The van der Waals surface area contributed by atoms with Gasteiger partial charge in [-0.2, -0.15) is 0 Å². The van der Waals surface area contributed by atoms with Gasteiger partial charge in [-0.3, -0.25) is 14.3 Å². The van der Waals surface area contributed by atoms with Crippen molar-refractivity contribution < 1.29 is 9.84 Å². The quantitative estimate of drug-likeness (QED) is 0.621. The smallest absolute Gasteiger partial charge is 0.262 e. The van der Waals surface area contributed by atoms with Gasteiger partial charge in [-0.25, -0.2) is 4.98 Å². The summed E-state index contributed by atoms with van der Waals surface area (Å²) in [4.78, 5) is 21.9. The van der Waals surface area contributed by atoms with E-state index in [0.717, 1.165) is 55.8 Å². The van der Waals surface area contributed by atoms with Gasteiger partial charge in [0, 0.05) is 37.3 Å². The van der Waals surface area contributed by atoms with Crippen LogP contribution in [0.4, 0.5) is 0 Å². The van der Waals surface area contributed by atoms with E-state index in [9.17, 15) is 9.90 Å². The second kappa shape index (κ2) is 7.36. The summed E-state index contributed by atoms with van der Waals surface area (Å²) >= 11 is 3.13. The molecule has 4 rings (SSSR count). The fraction of sp³-hybridized carbons (Fsp3) is 0.647. The lowest BCUT2D eigenvalue weighted by Crippen LogP contribution is -2.41. The van der Waals surface area contributed by atoms with E-state index in [1.54, 1.807) is 23.0 Å². The van der Waals surface area contributed by atoms with Crippen LogP contribution >= 0.6 is 23.1 Å². The van der Waals surface area contributed by atoms with Gasteiger partial charge >= 0.3 is 0 Å². The lowest BCUT2D eigenvalue weighted by atomic mass is 10.2. The van der Waals surface area contributed by atoms with Gasteiger partial charge < -0.3 is 9.84 Å². The molecule has 0 bridgehead atoms. The molecule has 2 aromatic heterocycles. The molecule has 0 unspecified atom stereocenters. The zero-order valence-corrected chi connectivity index (χ0v) is 16.0. The molecule has 1 aliphatic heterocycles. The maximum absolute atomic E-state index is 12.8. The van der Waals surface area contributed by atoms with Crippen molar-refractivity contribution in [3.63, 3.8) is 0 Å². The molecular weight excluding hydrogens is 358 g/mol. The first-order valence-electron chi connectivity index (χ1n) is 8.75. The molecule has 2 aromatic rings. The molecule has 136 valence electrons. The molecule has 0 radical (unpaired) electrons. The number of aliphatic hydroxyl groups is 1. The topological polar surface area (TPSA) is 67.6 Å². The first-order chi connectivity index (χ1) is 12.1. The van der Waals surface area contributed by atoms with Gasteiger partial charge in [0.05, 0.1) is 24.7 Å². The van der Waals surface area contributed by atoms with Crippen LogP contribution in [0.15, 0.2) is 9.95 Å². The fourth-order valence-corrected chi connectivity index (χ4v) is 5.73. The van der Waals surface area contributed by atoms with Crippen LogP contribution in [0, 0.1) is 0 Å². The molecule has 1 aliphatic carbocycles. The highest BCUT2D eigenvalue weighted by atomic mass is 32.2. The first-order valence-corrected chi connectivity index (χ1v) is 10.6. The van der Waals surface area contributed by atoms with E-state index >= 15 is 0 Å². The van der Waals surface area contributed by atoms with E-state index in [0.29, 0.717) is 17.5 Å². The number of hydrogen-bond acceptors (Lipinski definition) is 7. The van der Waals surface area contributed by atoms with Crippen LogP contribution < -0.4 is 5.56 Å². The Morgan fingerprint density at radius 2 is 2.16 bits per heavy atom. The third kappa shape index (κ3) is 3.50. The van der Waals surface area contributed by atoms with Crippen LogP contribution in [-0.2, 0) is 24.6 Å². The van der Waals surface area contributed by atoms with Gasteiger partial charge in [0.2, 0.25) is 0 Å². The molecule has 8 heteroatoms. The second-order valence-electron chi connectivity index (χ2n) is 6.67. The highest BCUT2D eigenvalue weighted by Crippen LogP contribution is 2.35. The van der Waals surface area contributed by atoms with Gasteiger partial charge in [-0.1, -0.05) is 11.8 Å². The van der Waals surface area contributed by atoms with Crippen molar-refractivity contribution in [3.05, 3.63) is 20.8 Å². The third-order valence-electron chi connectivity index (χ3n) is 4.88. The molecule has 1 fully saturated rings. The number of hydrogen-bond donors (Lipinski definition) is 1. The van der Waals surface area contributed by atoms with Crippen molar-refractivity contribution in [1.29, 1.82) is 0 Å². The number of aliphatic hydroxyl groups excluding tert-OH is 1. The van der Waals surface area contributed by atoms with Gasteiger partial charge in [0.1, 0.15) is 4.83 Å². The Morgan fingerprint density at radius 1 is 1.36 bits per heavy atom. The van der Waals surface area contributed by atoms with Crippen LogP contribution in [-0.4, -0.2) is 64.3 Å². The van der Waals surface area contributed by atoms with Crippen LogP contribution in [0.5, 0.6) is 0 Å². The Balaban J connectivity index is 1.48. The van der Waals surface area contributed by atoms with Crippen LogP contribution in [0.2, 0.25) is 0 Å². The average Bonchev–Trinajstić information content (AvgIpc) is 3.18. The largest absolute Gasteiger partial charge is 0.391 e. The van der Waals surface area contributed by atoms with Gasteiger partial charge in [-0.15, -0.1) is 11.3 Å². The predicted molar refractivity (Wildman–Crippen MR) is 101 cm³/mol. The fourth-order valence-electron chi connectivity index (χ4n) is 3.54. The number of thioether (sulfide) groups is 1. The van der Waals surface area contributed by atoms with E-state index in [2.05, 4.69) is 4.90 Å². The monoisotopic (exact) mass is 381 g/mol. The Morgan fingerprint density at radius 3 is 2.96 bits per heavy atom. The minimum absolute atomic E-state index is 0.0505. The third-order valence-corrected chi connectivity index (χ3v) is 7.24. The summed E-state index contributed by atoms with van der Waals surface area (Å²) in [7, 11) is 1.78. The summed E-state index contributed by atoms with van der Waals surface area (Å²) in [5, 5.41) is 11.8. The molecule has 1 saturated heterocycles. The Hall–Kier alpha value is -0.930. The summed E-state index contributed by atoms with van der Waals surface area (Å²) < 4.78 is 6.97. The number of nitrogens with zero attached hydrogens (tertiary/aromatic N) is 3. The lowest BCUT2D eigenvalue weighted by molar-refractivity contribution is 0.0188. The molecule has 2 aliphatic rings. The number of aromatic nitrogens is 2. The lowest BCUT2D eigenvalue weighted by Gasteiger charge is -2.28. The zero-order chi connectivity index (χ0) is 17.4. The van der Waals surface area contributed by atoms with E-state index in [4.69, 9.17) is 9.72 Å². The molecule has 0 amide bonds. The first kappa shape index (κ1) is 17.5. The van der Waals surface area contributed by atoms with Crippen molar-refractivity contribution in [3.8, 4) is 0 Å². The molecule has 1 N–H and O–H groups in total. The van der Waals surface area contributed by atoms with Crippen LogP contribution in [0.1, 0.15) is 16.9 Å². The number of rotatable bonds is 5. The molecule has 3 heterocycles. The summed E-state index contributed by atoms with van der Waals surface area (Å²) in [5.41, 5.74) is 1.27. The van der Waals surface area contributed by atoms with E-state index < -0.39 is 6.10 Å². The van der Waals surface area contributed by atoms with E-state index in [1.165, 1.54) is 22.2 Å². The number of morpholine rings is 1. The normalized spacial score (nSPS) is 19.4. The van der Waals surface area contributed by atoms with Crippen molar-refractivity contribution in [1.82, 2.24) is 14.5 Å². The Labute approximate surface area is 154 Å². The van der Waals surface area contributed by atoms with Crippen molar-refractivity contribution >= 4 is 33.3 Å². The molecule has 25 heavy (non-hydrogen) atoms. The average molecular weight is 382 g/mol. The Bertz CT molecular complexity index is 827. The second-order valence-corrected chi connectivity index (χ2v) is 8.74. The minimum atomic E-state index is -0.441. The van der Waals surface area contributed by atoms with Crippen LogP contribution in [0.3, 0.4) is 0 Å². The van der Waals surface area contributed by atoms with E-state index in [-0.39, 0.29) is 5.56 Å². The van der Waals surface area contributed by atoms with Gasteiger partial charge in [0.25, 0.3) is 5.56 Å². The maximum atomic E-state index is 12.8. The Kier molecular flexibility index (Phi) is 5.15.